The number of benzene rings is 2. The predicted octanol–water partition coefficient (Wildman–Crippen LogP) is 3.38. The molecule has 2 N–H and O–H groups in total. The molecule has 2 aromatic carbocycles. The molecule has 0 fully saturated rings. The van der Waals surface area contributed by atoms with Crippen molar-refractivity contribution in [2.45, 2.75) is 0 Å². The molecule has 0 amide bonds. The van der Waals surface area contributed by atoms with Gasteiger partial charge in [-0.1, -0.05) is 23.5 Å². The number of aliphatic imine (C=N–C) groups is 1. The Balaban J connectivity index is 1.84. The highest BCUT2D eigenvalue weighted by Crippen LogP contribution is 2.33. The molecule has 0 bridgehead atoms. The van der Waals surface area contributed by atoms with E-state index in [-0.39, 0.29) is 11.5 Å². The van der Waals surface area contributed by atoms with Crippen LogP contribution in [0.15, 0.2) is 47.5 Å². The van der Waals surface area contributed by atoms with Gasteiger partial charge in [-0.25, -0.2) is 4.99 Å². The van der Waals surface area contributed by atoms with Crippen LogP contribution in [0, 0.1) is 0 Å². The second-order valence-corrected chi connectivity index (χ2v) is 5.55. The molecule has 1 heterocycles. The Morgan fingerprint density at radius 3 is 2.70 bits per heavy atom. The number of phenols is 2. The van der Waals surface area contributed by atoms with Crippen molar-refractivity contribution in [1.29, 1.82) is 0 Å². The molecule has 7 heteroatoms. The molecule has 0 atom stereocenters. The summed E-state index contributed by atoms with van der Waals surface area (Å²) in [5, 5.41) is 28.0. The molecule has 3 rings (SSSR count). The van der Waals surface area contributed by atoms with Crippen molar-refractivity contribution < 1.29 is 14.9 Å². The Bertz CT molecular complexity index is 861. The SMILES string of the molecule is COc1ccccc1C=Nc1nnc(-c2ccc(O)c(O)c2)s1. The van der Waals surface area contributed by atoms with Gasteiger partial charge in [-0.05, 0) is 30.3 Å². The van der Waals surface area contributed by atoms with Gasteiger partial charge in [0.1, 0.15) is 10.8 Å². The summed E-state index contributed by atoms with van der Waals surface area (Å²) in [6, 6.07) is 12.0. The Hall–Kier alpha value is -2.93. The number of phenolic OH excluding ortho intramolecular Hbond substituents is 2. The van der Waals surface area contributed by atoms with E-state index in [1.54, 1.807) is 19.4 Å². The number of rotatable bonds is 4. The molecule has 0 spiro atoms. The van der Waals surface area contributed by atoms with Gasteiger partial charge in [-0.3, -0.25) is 0 Å². The van der Waals surface area contributed by atoms with Gasteiger partial charge >= 0.3 is 0 Å². The van der Waals surface area contributed by atoms with Crippen molar-refractivity contribution >= 4 is 22.7 Å². The highest BCUT2D eigenvalue weighted by molar-refractivity contribution is 7.18. The van der Waals surface area contributed by atoms with Crippen LogP contribution in [0.1, 0.15) is 5.56 Å². The van der Waals surface area contributed by atoms with Crippen LogP contribution in [0.3, 0.4) is 0 Å². The Morgan fingerprint density at radius 1 is 1.09 bits per heavy atom. The van der Waals surface area contributed by atoms with Crippen LogP contribution >= 0.6 is 11.3 Å². The maximum absolute atomic E-state index is 9.54. The van der Waals surface area contributed by atoms with Gasteiger partial charge in [0.25, 0.3) is 0 Å². The number of methoxy groups -OCH3 is 1. The summed E-state index contributed by atoms with van der Waals surface area (Å²) in [7, 11) is 1.60. The summed E-state index contributed by atoms with van der Waals surface area (Å²) in [6.07, 6.45) is 1.66. The van der Waals surface area contributed by atoms with Crippen LogP contribution in [-0.4, -0.2) is 33.7 Å². The van der Waals surface area contributed by atoms with Crippen LogP contribution in [-0.2, 0) is 0 Å². The molecule has 0 radical (unpaired) electrons. The minimum atomic E-state index is -0.197. The number of hydrogen-bond donors (Lipinski definition) is 2. The molecule has 116 valence electrons. The zero-order chi connectivity index (χ0) is 16.2. The summed E-state index contributed by atoms with van der Waals surface area (Å²) in [5.74, 6) is 0.355. The summed E-state index contributed by atoms with van der Waals surface area (Å²) >= 11 is 1.28. The first-order valence-electron chi connectivity index (χ1n) is 6.70. The third-order valence-corrected chi connectivity index (χ3v) is 3.97. The monoisotopic (exact) mass is 327 g/mol. The number of aromatic nitrogens is 2. The lowest BCUT2D eigenvalue weighted by Gasteiger charge is -2.01. The lowest BCUT2D eigenvalue weighted by atomic mass is 10.2. The van der Waals surface area contributed by atoms with Gasteiger partial charge in [0.2, 0.25) is 5.13 Å². The molecule has 0 aliphatic rings. The standard InChI is InChI=1S/C16H13N3O3S/c1-22-14-5-3-2-4-11(14)9-17-16-19-18-15(23-16)10-6-7-12(20)13(21)8-10/h2-9,20-21H,1H3. The zero-order valence-electron chi connectivity index (χ0n) is 12.2. The normalized spacial score (nSPS) is 11.0. The van der Waals surface area contributed by atoms with E-state index in [1.165, 1.54) is 23.5 Å². The Kier molecular flexibility index (Phi) is 4.20. The lowest BCUT2D eigenvalue weighted by molar-refractivity contribution is 0.404. The highest BCUT2D eigenvalue weighted by Gasteiger charge is 2.08. The van der Waals surface area contributed by atoms with E-state index in [2.05, 4.69) is 15.2 Å². The third-order valence-electron chi connectivity index (χ3n) is 3.09. The summed E-state index contributed by atoms with van der Waals surface area (Å²) in [6.45, 7) is 0. The van der Waals surface area contributed by atoms with Crippen LogP contribution in [0.2, 0.25) is 0 Å². The molecule has 6 nitrogen and oxygen atoms in total. The van der Waals surface area contributed by atoms with E-state index in [0.717, 1.165) is 11.3 Å². The fraction of sp³-hybridized carbons (Fsp3) is 0.0625. The molecule has 23 heavy (non-hydrogen) atoms. The number of para-hydroxylation sites is 1. The van der Waals surface area contributed by atoms with Crippen LogP contribution in [0.25, 0.3) is 10.6 Å². The first-order valence-corrected chi connectivity index (χ1v) is 7.52. The number of ether oxygens (including phenoxy) is 1. The highest BCUT2D eigenvalue weighted by atomic mass is 32.1. The molecular weight excluding hydrogens is 314 g/mol. The van der Waals surface area contributed by atoms with E-state index < -0.39 is 0 Å². The molecule has 0 aliphatic carbocycles. The van der Waals surface area contributed by atoms with Crippen LogP contribution in [0.4, 0.5) is 5.13 Å². The van der Waals surface area contributed by atoms with Crippen LogP contribution in [0.5, 0.6) is 17.2 Å². The first-order chi connectivity index (χ1) is 11.2. The Morgan fingerprint density at radius 2 is 1.91 bits per heavy atom. The van der Waals surface area contributed by atoms with Gasteiger partial charge in [0.05, 0.1) is 7.11 Å². The molecule has 0 unspecified atom stereocenters. The van der Waals surface area contributed by atoms with E-state index >= 15 is 0 Å². The van der Waals surface area contributed by atoms with Crippen LogP contribution < -0.4 is 4.74 Å². The first kappa shape index (κ1) is 15.0. The smallest absolute Gasteiger partial charge is 0.231 e. The summed E-state index contributed by atoms with van der Waals surface area (Å²) in [4.78, 5) is 4.30. The largest absolute Gasteiger partial charge is 0.504 e. The van der Waals surface area contributed by atoms with Gasteiger partial charge < -0.3 is 14.9 Å². The minimum absolute atomic E-state index is 0.173. The van der Waals surface area contributed by atoms with E-state index in [9.17, 15) is 10.2 Å². The van der Waals surface area contributed by atoms with Gasteiger partial charge in [-0.15, -0.1) is 10.2 Å². The molecule has 0 saturated carbocycles. The van der Waals surface area contributed by atoms with Gasteiger partial charge in [0.15, 0.2) is 11.5 Å². The van der Waals surface area contributed by atoms with Crippen molar-refractivity contribution in [2.24, 2.45) is 4.99 Å². The Labute approximate surface area is 136 Å². The minimum Gasteiger partial charge on any atom is -0.504 e. The summed E-state index contributed by atoms with van der Waals surface area (Å²) < 4.78 is 5.26. The molecule has 0 aliphatic heterocycles. The zero-order valence-corrected chi connectivity index (χ0v) is 13.0. The number of nitrogens with zero attached hydrogens (tertiary/aromatic N) is 3. The van der Waals surface area contributed by atoms with E-state index in [4.69, 9.17) is 4.74 Å². The number of hydrogen-bond acceptors (Lipinski definition) is 7. The maximum Gasteiger partial charge on any atom is 0.231 e. The fourth-order valence-corrected chi connectivity index (χ4v) is 2.63. The van der Waals surface area contributed by atoms with Crippen molar-refractivity contribution in [1.82, 2.24) is 10.2 Å². The molecule has 0 saturated heterocycles. The topological polar surface area (TPSA) is 87.8 Å². The fourth-order valence-electron chi connectivity index (χ4n) is 1.94. The van der Waals surface area contributed by atoms with Crippen molar-refractivity contribution in [3.63, 3.8) is 0 Å². The second-order valence-electron chi connectivity index (χ2n) is 4.59. The third kappa shape index (κ3) is 3.29. The van der Waals surface area contributed by atoms with Crippen molar-refractivity contribution in [2.75, 3.05) is 7.11 Å². The molecule has 1 aromatic heterocycles. The average Bonchev–Trinajstić information content (AvgIpc) is 3.04. The maximum atomic E-state index is 9.54. The van der Waals surface area contributed by atoms with Crippen molar-refractivity contribution in [3.8, 4) is 27.8 Å². The molecular formula is C16H13N3O3S. The van der Waals surface area contributed by atoms with Gasteiger partial charge in [-0.2, -0.15) is 0 Å². The average molecular weight is 327 g/mol. The quantitative estimate of drug-likeness (QED) is 0.566. The lowest BCUT2D eigenvalue weighted by Crippen LogP contribution is -1.89. The summed E-state index contributed by atoms with van der Waals surface area (Å²) in [5.41, 5.74) is 1.51. The second kappa shape index (κ2) is 6.45. The van der Waals surface area contributed by atoms with E-state index in [1.807, 2.05) is 24.3 Å². The predicted molar refractivity (Wildman–Crippen MR) is 88.9 cm³/mol. The van der Waals surface area contributed by atoms with Crippen molar-refractivity contribution in [3.05, 3.63) is 48.0 Å². The number of aromatic hydroxyl groups is 2. The molecule has 3 aromatic rings. The van der Waals surface area contributed by atoms with Gasteiger partial charge in [0, 0.05) is 17.3 Å². The van der Waals surface area contributed by atoms with E-state index in [0.29, 0.717) is 15.7 Å².